The molecular formula is C39H88. The predicted octanol–water partition coefficient (Wildman–Crippen LogP) is 15.1. The van der Waals surface area contributed by atoms with Crippen molar-refractivity contribution in [2.45, 2.75) is 206 Å². The third-order valence-corrected chi connectivity index (χ3v) is 8.13. The van der Waals surface area contributed by atoms with Crippen LogP contribution in [0.25, 0.3) is 0 Å². The number of hydrogen-bond acceptors (Lipinski definition) is 0. The zero-order valence-corrected chi connectivity index (χ0v) is 33.5. The monoisotopic (exact) mass is 557 g/mol. The van der Waals surface area contributed by atoms with Crippen molar-refractivity contribution in [2.75, 3.05) is 0 Å². The Balaban J connectivity index is -0.000000124. The zero-order valence-electron chi connectivity index (χ0n) is 33.5. The average Bonchev–Trinajstić information content (AvgIpc) is 2.55. The molecule has 39 heavy (non-hydrogen) atoms. The SMILES string of the molecule is CC(C)(C)C(C)(C)C.CC(C)(C)CC(C)(C)C.CC(C)C(C)(C)C.CCC(C)C(C)(C)C.CCCC(C)(C)C. The summed E-state index contributed by atoms with van der Waals surface area (Å²) in [6, 6.07) is 0. The van der Waals surface area contributed by atoms with Gasteiger partial charge in [0.15, 0.2) is 0 Å². The highest BCUT2D eigenvalue weighted by Gasteiger charge is 2.27. The van der Waals surface area contributed by atoms with E-state index in [0.717, 1.165) is 11.8 Å². The Morgan fingerprint density at radius 3 is 0.667 bits per heavy atom. The minimum atomic E-state index is 0.437. The fourth-order valence-corrected chi connectivity index (χ4v) is 2.95. The molecule has 0 radical (unpaired) electrons. The van der Waals surface area contributed by atoms with Gasteiger partial charge in [0.1, 0.15) is 0 Å². The quantitative estimate of drug-likeness (QED) is 0.317. The van der Waals surface area contributed by atoms with Gasteiger partial charge in [-0.1, -0.05) is 193 Å². The van der Waals surface area contributed by atoms with Crippen LogP contribution in [-0.2, 0) is 0 Å². The third kappa shape index (κ3) is 45.2. The van der Waals surface area contributed by atoms with E-state index in [1.807, 2.05) is 0 Å². The van der Waals surface area contributed by atoms with E-state index >= 15 is 0 Å². The largest absolute Gasteiger partial charge is 0.0654 e. The molecule has 0 aromatic rings. The molecule has 0 heterocycles. The molecule has 0 aliphatic heterocycles. The molecule has 0 aliphatic carbocycles. The standard InChI is InChI=1S/C9H20.2C8H18.2C7H16/c1-8(2,3)7-9(4,5)6;1-7(2,3)8(4,5)6;1-6-7(2)8(3,4)5;1-6(2)7(3,4)5;1-5-6-7(2,3)4/h7H2,1-6H3;1-6H3;7H,6H2,1-5H3;6H,1-5H3;5-6H2,1-4H3. The molecule has 0 spiro atoms. The van der Waals surface area contributed by atoms with Crippen LogP contribution in [0.3, 0.4) is 0 Å². The molecule has 0 aliphatic rings. The van der Waals surface area contributed by atoms with E-state index in [1.165, 1.54) is 25.7 Å². The van der Waals surface area contributed by atoms with Crippen LogP contribution in [0, 0.1) is 49.7 Å². The fraction of sp³-hybridized carbons (Fsp3) is 1.00. The summed E-state index contributed by atoms with van der Waals surface area (Å²) in [4.78, 5) is 0. The highest BCUT2D eigenvalue weighted by atomic mass is 14.3. The summed E-state index contributed by atoms with van der Waals surface area (Å²) in [6.07, 6.45) is 5.24. The molecule has 0 nitrogen and oxygen atoms in total. The van der Waals surface area contributed by atoms with Gasteiger partial charge in [-0.3, -0.25) is 0 Å². The van der Waals surface area contributed by atoms with E-state index < -0.39 is 0 Å². The molecule has 0 fully saturated rings. The second kappa shape index (κ2) is 19.2. The topological polar surface area (TPSA) is 0 Å². The van der Waals surface area contributed by atoms with E-state index in [2.05, 4.69) is 180 Å². The van der Waals surface area contributed by atoms with Crippen LogP contribution in [0.5, 0.6) is 0 Å². The van der Waals surface area contributed by atoms with Gasteiger partial charge in [-0.15, -0.1) is 0 Å². The maximum absolute atomic E-state index is 2.31. The lowest BCUT2D eigenvalue weighted by Crippen LogP contribution is -2.25. The predicted molar refractivity (Wildman–Crippen MR) is 190 cm³/mol. The van der Waals surface area contributed by atoms with E-state index in [1.54, 1.807) is 0 Å². The van der Waals surface area contributed by atoms with Crippen molar-refractivity contribution >= 4 is 0 Å². The highest BCUT2D eigenvalue weighted by molar-refractivity contribution is 4.77. The molecule has 0 bridgehead atoms. The van der Waals surface area contributed by atoms with Crippen LogP contribution in [0.4, 0.5) is 0 Å². The van der Waals surface area contributed by atoms with Crippen molar-refractivity contribution in [2.24, 2.45) is 49.7 Å². The van der Waals surface area contributed by atoms with Gasteiger partial charge in [0.05, 0.1) is 0 Å². The van der Waals surface area contributed by atoms with Crippen LogP contribution in [0.2, 0.25) is 0 Å². The van der Waals surface area contributed by atoms with Crippen LogP contribution in [-0.4, -0.2) is 0 Å². The van der Waals surface area contributed by atoms with Crippen LogP contribution >= 0.6 is 0 Å². The second-order valence-electron chi connectivity index (χ2n) is 20.3. The normalized spacial score (nSPS) is 13.9. The van der Waals surface area contributed by atoms with Gasteiger partial charge in [-0.25, -0.2) is 0 Å². The van der Waals surface area contributed by atoms with Crippen LogP contribution in [0.15, 0.2) is 0 Å². The summed E-state index contributed by atoms with van der Waals surface area (Å²) >= 11 is 0. The van der Waals surface area contributed by atoms with Crippen molar-refractivity contribution in [1.29, 1.82) is 0 Å². The molecule has 1 unspecified atom stereocenters. The summed E-state index contributed by atoms with van der Waals surface area (Å²) in [5, 5.41) is 0. The summed E-state index contributed by atoms with van der Waals surface area (Å²) in [5.74, 6) is 1.65. The summed E-state index contributed by atoms with van der Waals surface area (Å²) in [6.45, 7) is 59.1. The fourth-order valence-electron chi connectivity index (χ4n) is 2.95. The summed E-state index contributed by atoms with van der Waals surface area (Å²) in [5.41, 5.74) is 3.40. The number of hydrogen-bond donors (Lipinski definition) is 0. The average molecular weight is 557 g/mol. The van der Waals surface area contributed by atoms with Crippen LogP contribution < -0.4 is 0 Å². The van der Waals surface area contributed by atoms with E-state index in [0.29, 0.717) is 37.9 Å². The lowest BCUT2D eigenvalue weighted by molar-refractivity contribution is 0.157. The molecule has 0 heteroatoms. The molecule has 0 amide bonds. The van der Waals surface area contributed by atoms with Crippen molar-refractivity contribution in [3.8, 4) is 0 Å². The van der Waals surface area contributed by atoms with Gasteiger partial charge in [0.25, 0.3) is 0 Å². The third-order valence-electron chi connectivity index (χ3n) is 8.13. The molecule has 0 saturated carbocycles. The lowest BCUT2D eigenvalue weighted by atomic mass is 9.71. The van der Waals surface area contributed by atoms with Gasteiger partial charge in [0.2, 0.25) is 0 Å². The van der Waals surface area contributed by atoms with Gasteiger partial charge >= 0.3 is 0 Å². The molecule has 1 atom stereocenters. The molecular weight excluding hydrogens is 468 g/mol. The Hall–Kier alpha value is 0. The Labute approximate surface area is 255 Å². The van der Waals surface area contributed by atoms with Gasteiger partial charge in [-0.2, -0.15) is 0 Å². The maximum atomic E-state index is 2.31. The zero-order chi connectivity index (χ0) is 33.5. The molecule has 0 aromatic carbocycles. The first kappa shape index (κ1) is 48.7. The first-order chi connectivity index (χ1) is 16.4. The number of rotatable bonds is 2. The van der Waals surface area contributed by atoms with Crippen LogP contribution in [0.1, 0.15) is 206 Å². The van der Waals surface area contributed by atoms with E-state index in [9.17, 15) is 0 Å². The van der Waals surface area contributed by atoms with E-state index in [4.69, 9.17) is 0 Å². The van der Waals surface area contributed by atoms with Crippen molar-refractivity contribution in [3.05, 3.63) is 0 Å². The molecule has 0 aromatic heterocycles. The molecule has 244 valence electrons. The Morgan fingerprint density at radius 1 is 0.410 bits per heavy atom. The van der Waals surface area contributed by atoms with Gasteiger partial charge in [-0.05, 0) is 62.6 Å². The highest BCUT2D eigenvalue weighted by Crippen LogP contribution is 2.36. The first-order valence-corrected chi connectivity index (χ1v) is 16.4. The Bertz CT molecular complexity index is 500. The van der Waals surface area contributed by atoms with Gasteiger partial charge in [0, 0.05) is 0 Å². The minimum absolute atomic E-state index is 0.437. The minimum Gasteiger partial charge on any atom is -0.0654 e. The molecule has 0 rings (SSSR count). The first-order valence-electron chi connectivity index (χ1n) is 16.4. The Kier molecular flexibility index (Phi) is 24.0. The van der Waals surface area contributed by atoms with Crippen molar-refractivity contribution < 1.29 is 0 Å². The molecule has 0 N–H and O–H groups in total. The smallest absolute Gasteiger partial charge is 0.0334 e. The van der Waals surface area contributed by atoms with E-state index in [-0.39, 0.29) is 0 Å². The molecule has 0 saturated heterocycles. The summed E-state index contributed by atoms with van der Waals surface area (Å²) < 4.78 is 0. The van der Waals surface area contributed by atoms with Gasteiger partial charge < -0.3 is 0 Å². The second-order valence-corrected chi connectivity index (χ2v) is 20.3. The summed E-state index contributed by atoms with van der Waals surface area (Å²) in [7, 11) is 0. The van der Waals surface area contributed by atoms with Crippen molar-refractivity contribution in [3.63, 3.8) is 0 Å². The lowest BCUT2D eigenvalue weighted by Gasteiger charge is -2.34. The van der Waals surface area contributed by atoms with Crippen molar-refractivity contribution in [1.82, 2.24) is 0 Å². The Morgan fingerprint density at radius 2 is 0.667 bits per heavy atom. The maximum Gasteiger partial charge on any atom is -0.0334 e.